The molecule has 0 radical (unpaired) electrons. The lowest BCUT2D eigenvalue weighted by Crippen LogP contribution is -2.15. The molecule has 0 saturated heterocycles. The van der Waals surface area contributed by atoms with Gasteiger partial charge in [-0.2, -0.15) is 21.4 Å². The second-order valence-electron chi connectivity index (χ2n) is 5.86. The summed E-state index contributed by atoms with van der Waals surface area (Å²) in [5.41, 5.74) is 1.80. The summed E-state index contributed by atoms with van der Waals surface area (Å²) in [6.45, 7) is 0.484. The second kappa shape index (κ2) is 10.4. The number of imidazole rings is 1. The minimum atomic E-state index is -2.93. The molecule has 5 nitrogen and oxygen atoms in total. The number of pyridine rings is 1. The lowest BCUT2D eigenvalue weighted by molar-refractivity contribution is -0.0505. The molecule has 1 aromatic carbocycles. The number of halogens is 4. The van der Waals surface area contributed by atoms with E-state index in [-0.39, 0.29) is 10.8 Å². The number of aromatic amines is 1. The number of H-pyrrole nitrogens is 1. The molecule has 2 heterocycles. The molecule has 0 amide bonds. The topological polar surface area (TPSA) is 62.8 Å². The SMILES string of the molecule is CS.Cc1cnc([C@H](Nc2ccc(OC(F)F)c(C)n2)c2ccc(F)c(Cl)c2)[nH]1. The Kier molecular flexibility index (Phi) is 8.21. The van der Waals surface area contributed by atoms with E-state index in [0.717, 1.165) is 5.69 Å². The highest BCUT2D eigenvalue weighted by Gasteiger charge is 2.20. The molecule has 0 aliphatic heterocycles. The van der Waals surface area contributed by atoms with Gasteiger partial charge in [-0.25, -0.2) is 14.4 Å². The minimum absolute atomic E-state index is 0.00855. The fraction of sp³-hybridized carbons (Fsp3) is 0.263. The molecule has 0 aliphatic carbocycles. The van der Waals surface area contributed by atoms with Crippen molar-refractivity contribution >= 4 is 30.0 Å². The van der Waals surface area contributed by atoms with Crippen molar-refractivity contribution in [1.29, 1.82) is 0 Å². The van der Waals surface area contributed by atoms with Gasteiger partial charge in [0.25, 0.3) is 0 Å². The molecule has 29 heavy (non-hydrogen) atoms. The van der Waals surface area contributed by atoms with E-state index in [1.54, 1.807) is 25.4 Å². The molecule has 0 spiro atoms. The van der Waals surface area contributed by atoms with Crippen LogP contribution in [0.25, 0.3) is 0 Å². The number of rotatable bonds is 6. The molecule has 0 fully saturated rings. The lowest BCUT2D eigenvalue weighted by atomic mass is 10.1. The van der Waals surface area contributed by atoms with Crippen molar-refractivity contribution in [3.05, 3.63) is 70.1 Å². The average Bonchev–Trinajstić information content (AvgIpc) is 3.11. The van der Waals surface area contributed by atoms with E-state index in [4.69, 9.17) is 11.6 Å². The third-order valence-electron chi connectivity index (χ3n) is 3.82. The van der Waals surface area contributed by atoms with Crippen molar-refractivity contribution in [2.45, 2.75) is 26.5 Å². The van der Waals surface area contributed by atoms with Crippen molar-refractivity contribution < 1.29 is 17.9 Å². The summed E-state index contributed by atoms with van der Waals surface area (Å²) in [7, 11) is 0. The first-order chi connectivity index (χ1) is 13.8. The normalized spacial score (nSPS) is 11.6. The largest absolute Gasteiger partial charge is 0.433 e. The maximum atomic E-state index is 13.5. The number of nitrogens with zero attached hydrogens (tertiary/aromatic N) is 2. The number of aryl methyl sites for hydroxylation is 2. The Morgan fingerprint density at radius 2 is 1.90 bits per heavy atom. The molecule has 156 valence electrons. The van der Waals surface area contributed by atoms with Gasteiger partial charge in [0, 0.05) is 11.9 Å². The Bertz CT molecular complexity index is 955. The zero-order valence-electron chi connectivity index (χ0n) is 15.9. The minimum Gasteiger partial charge on any atom is -0.433 e. The van der Waals surface area contributed by atoms with Crippen molar-refractivity contribution in [3.63, 3.8) is 0 Å². The van der Waals surface area contributed by atoms with Crippen LogP contribution in [0, 0.1) is 19.7 Å². The van der Waals surface area contributed by atoms with Crippen molar-refractivity contribution in [3.8, 4) is 5.75 Å². The van der Waals surface area contributed by atoms with E-state index >= 15 is 0 Å². The number of thiol groups is 1. The van der Waals surface area contributed by atoms with Gasteiger partial charge < -0.3 is 15.0 Å². The van der Waals surface area contributed by atoms with Crippen LogP contribution in [-0.4, -0.2) is 27.8 Å². The molecular weight excluding hydrogens is 425 g/mol. The maximum absolute atomic E-state index is 13.5. The molecule has 3 aromatic rings. The van der Waals surface area contributed by atoms with E-state index in [2.05, 4.69) is 37.6 Å². The summed E-state index contributed by atoms with van der Waals surface area (Å²) in [6, 6.07) is 6.74. The first-order valence-electron chi connectivity index (χ1n) is 8.43. The Balaban J connectivity index is 0.00000145. The predicted octanol–water partition coefficient (Wildman–Crippen LogP) is 5.56. The summed E-state index contributed by atoms with van der Waals surface area (Å²) in [5, 5.41) is 3.14. The monoisotopic (exact) mass is 444 g/mol. The summed E-state index contributed by atoms with van der Waals surface area (Å²) in [5.74, 6) is 0.444. The van der Waals surface area contributed by atoms with Crippen molar-refractivity contribution in [1.82, 2.24) is 15.0 Å². The predicted molar refractivity (Wildman–Crippen MR) is 111 cm³/mol. The van der Waals surface area contributed by atoms with Crippen LogP contribution in [-0.2, 0) is 0 Å². The fourth-order valence-electron chi connectivity index (χ4n) is 2.58. The number of nitrogens with one attached hydrogen (secondary N) is 2. The first-order valence-corrected chi connectivity index (χ1v) is 9.71. The number of anilines is 1. The Morgan fingerprint density at radius 1 is 1.17 bits per heavy atom. The van der Waals surface area contributed by atoms with Gasteiger partial charge in [0.1, 0.15) is 29.3 Å². The molecule has 0 aliphatic rings. The highest BCUT2D eigenvalue weighted by molar-refractivity contribution is 7.79. The van der Waals surface area contributed by atoms with E-state index < -0.39 is 18.5 Å². The molecule has 10 heteroatoms. The van der Waals surface area contributed by atoms with E-state index in [1.165, 1.54) is 24.3 Å². The summed E-state index contributed by atoms with van der Waals surface area (Å²) >= 11 is 9.44. The molecule has 0 saturated carbocycles. The van der Waals surface area contributed by atoms with E-state index in [1.807, 2.05) is 6.92 Å². The van der Waals surface area contributed by atoms with Gasteiger partial charge in [0.2, 0.25) is 0 Å². The quantitative estimate of drug-likeness (QED) is 0.435. The Labute approximate surface area is 177 Å². The van der Waals surface area contributed by atoms with Crippen LogP contribution in [0.15, 0.2) is 36.5 Å². The fourth-order valence-corrected chi connectivity index (χ4v) is 2.77. The molecule has 0 bridgehead atoms. The summed E-state index contributed by atoms with van der Waals surface area (Å²) in [4.78, 5) is 11.7. The van der Waals surface area contributed by atoms with Crippen molar-refractivity contribution in [2.75, 3.05) is 11.6 Å². The maximum Gasteiger partial charge on any atom is 0.387 e. The third kappa shape index (κ3) is 6.04. The van der Waals surface area contributed by atoms with Gasteiger partial charge in [-0.1, -0.05) is 17.7 Å². The number of hydrogen-bond acceptors (Lipinski definition) is 5. The van der Waals surface area contributed by atoms with Crippen molar-refractivity contribution in [2.24, 2.45) is 0 Å². The van der Waals surface area contributed by atoms with Gasteiger partial charge in [0.15, 0.2) is 0 Å². The molecule has 3 rings (SSSR count). The second-order valence-corrected chi connectivity index (χ2v) is 6.27. The lowest BCUT2D eigenvalue weighted by Gasteiger charge is -2.19. The van der Waals surface area contributed by atoms with E-state index in [0.29, 0.717) is 22.9 Å². The number of alkyl halides is 2. The highest BCUT2D eigenvalue weighted by Crippen LogP contribution is 2.29. The smallest absolute Gasteiger partial charge is 0.387 e. The molecule has 1 atom stereocenters. The number of ether oxygens (including phenoxy) is 1. The molecule has 2 N–H and O–H groups in total. The number of benzene rings is 1. The third-order valence-corrected chi connectivity index (χ3v) is 4.11. The van der Waals surface area contributed by atoms with Crippen LogP contribution in [0.3, 0.4) is 0 Å². The first kappa shape index (κ1) is 22.9. The van der Waals surface area contributed by atoms with Gasteiger partial charge in [-0.15, -0.1) is 0 Å². The standard InChI is InChI=1S/C18H16ClF3N4O.CH4S/c1-9-8-23-17(24-9)16(11-3-4-13(20)12(19)7-11)26-15-6-5-14(10(2)25-15)27-18(21)22;1-2/h3-8,16,18H,1-2H3,(H,23,24)(H,25,26);2H,1H3/t16-;/m1./s1. The van der Waals surface area contributed by atoms with Crippen LogP contribution in [0.5, 0.6) is 5.75 Å². The average molecular weight is 445 g/mol. The van der Waals surface area contributed by atoms with E-state index in [9.17, 15) is 13.2 Å². The zero-order chi connectivity index (χ0) is 21.6. The Hall–Kier alpha value is -2.39. The molecule has 2 aromatic heterocycles. The number of aromatic nitrogens is 3. The van der Waals surface area contributed by atoms with Gasteiger partial charge in [-0.05, 0) is 49.9 Å². The summed E-state index contributed by atoms with van der Waals surface area (Å²) < 4.78 is 42.7. The molecule has 0 unspecified atom stereocenters. The van der Waals surface area contributed by atoms with Crippen LogP contribution in [0.4, 0.5) is 19.0 Å². The summed E-state index contributed by atoms with van der Waals surface area (Å²) in [6.07, 6.45) is 3.35. The van der Waals surface area contributed by atoms with Gasteiger partial charge in [0.05, 0.1) is 10.7 Å². The van der Waals surface area contributed by atoms with Gasteiger partial charge >= 0.3 is 6.61 Å². The molecular formula is C19H20ClF3N4OS. The van der Waals surface area contributed by atoms with Crippen LogP contribution in [0.2, 0.25) is 5.02 Å². The van der Waals surface area contributed by atoms with Gasteiger partial charge in [-0.3, -0.25) is 0 Å². The number of hydrogen-bond donors (Lipinski definition) is 3. The van der Waals surface area contributed by atoms with Crippen LogP contribution >= 0.6 is 24.2 Å². The highest BCUT2D eigenvalue weighted by atomic mass is 35.5. The Morgan fingerprint density at radius 3 is 2.45 bits per heavy atom. The zero-order valence-corrected chi connectivity index (χ0v) is 17.5. The van der Waals surface area contributed by atoms with Crippen LogP contribution < -0.4 is 10.1 Å². The van der Waals surface area contributed by atoms with Crippen LogP contribution in [0.1, 0.15) is 28.8 Å².